The molecule has 0 fully saturated rings. The Morgan fingerprint density at radius 2 is 2.00 bits per heavy atom. The number of rotatable bonds is 0. The average Bonchev–Trinajstić information content (AvgIpc) is 1.80. The Hall–Kier alpha value is -0.540. The van der Waals surface area contributed by atoms with Crippen molar-refractivity contribution in [2.75, 3.05) is 5.73 Å². The molecule has 1 aromatic carbocycles. The van der Waals surface area contributed by atoms with E-state index in [9.17, 15) is 0 Å². The van der Waals surface area contributed by atoms with Gasteiger partial charge in [-0.1, -0.05) is 15.9 Å². The van der Waals surface area contributed by atoms with Crippen LogP contribution in [-0.2, 0) is 0 Å². The molecule has 0 aliphatic heterocycles. The van der Waals surface area contributed by atoms with Crippen LogP contribution in [0.3, 0.4) is 0 Å². The number of nitrogen functional groups attached to an aromatic ring is 1. The fourth-order valence-electron chi connectivity index (χ4n) is 0.639. The third-order valence-corrected chi connectivity index (χ3v) is 1.73. The van der Waals surface area contributed by atoms with E-state index in [2.05, 4.69) is 15.9 Å². The predicted octanol–water partition coefficient (Wildman–Crippen LogP) is 2.50. The van der Waals surface area contributed by atoms with Crippen molar-refractivity contribution in [2.45, 2.75) is 6.92 Å². The summed E-state index contributed by atoms with van der Waals surface area (Å²) in [5, 5.41) is 0. The van der Waals surface area contributed by atoms with Gasteiger partial charge in [0.2, 0.25) is 0 Å². The van der Waals surface area contributed by atoms with Crippen LogP contribution in [-0.4, -0.2) is 0 Å². The highest BCUT2D eigenvalue weighted by Crippen LogP contribution is 2.16. The minimum atomic E-state index is 0. The molecule has 0 heterocycles. The first-order valence-electron chi connectivity index (χ1n) is 2.72. The molecule has 3 heteroatoms. The zero-order valence-electron chi connectivity index (χ0n) is 5.89. The maximum atomic E-state index is 5.57. The lowest BCUT2D eigenvalue weighted by Crippen LogP contribution is -1.87. The van der Waals surface area contributed by atoms with Gasteiger partial charge in [0, 0.05) is 10.2 Å². The minimum Gasteiger partial charge on any atom is -0.399 e. The molecule has 5 N–H and O–H groups in total. The average molecular weight is 203 g/mol. The number of halogens is 1. The fraction of sp³-hybridized carbons (Fsp3) is 0.143. The molecule has 0 amide bonds. The van der Waals surface area contributed by atoms with Gasteiger partial charge in [-0.2, -0.15) is 0 Å². The van der Waals surface area contributed by atoms with Crippen LogP contribution >= 0.6 is 15.9 Å². The third kappa shape index (κ3) is 2.01. The van der Waals surface area contributed by atoms with Crippen LogP contribution in [0.4, 0.5) is 5.69 Å². The van der Waals surface area contributed by atoms with Crippen molar-refractivity contribution >= 4 is 21.6 Å². The summed E-state index contributed by atoms with van der Waals surface area (Å²) in [6, 6.07) is 5.82. The fourth-order valence-corrected chi connectivity index (χ4v) is 1.11. The lowest BCUT2D eigenvalue weighted by molar-refractivity contribution is 1.45. The minimum absolute atomic E-state index is 0. The molecule has 1 rings (SSSR count). The van der Waals surface area contributed by atoms with Crippen LogP contribution < -0.4 is 11.9 Å². The molecule has 0 atom stereocenters. The highest BCUT2D eigenvalue weighted by Gasteiger charge is 1.90. The van der Waals surface area contributed by atoms with Gasteiger partial charge < -0.3 is 11.9 Å². The Morgan fingerprint density at radius 1 is 1.40 bits per heavy atom. The van der Waals surface area contributed by atoms with E-state index in [1.54, 1.807) is 0 Å². The Morgan fingerprint density at radius 3 is 2.40 bits per heavy atom. The summed E-state index contributed by atoms with van der Waals surface area (Å²) >= 11 is 3.34. The first-order chi connectivity index (χ1) is 4.20. The molecule has 0 radical (unpaired) electrons. The molecule has 2 nitrogen and oxygen atoms in total. The summed E-state index contributed by atoms with van der Waals surface area (Å²) in [5.41, 5.74) is 7.53. The smallest absolute Gasteiger partial charge is 0.0344 e. The SMILES string of the molecule is Cc1cc(Br)ccc1N.N. The first-order valence-corrected chi connectivity index (χ1v) is 3.51. The van der Waals surface area contributed by atoms with E-state index in [1.807, 2.05) is 25.1 Å². The molecular weight excluding hydrogens is 192 g/mol. The van der Waals surface area contributed by atoms with E-state index in [0.717, 1.165) is 15.7 Å². The van der Waals surface area contributed by atoms with Crippen molar-refractivity contribution in [2.24, 2.45) is 0 Å². The molecule has 0 saturated carbocycles. The van der Waals surface area contributed by atoms with E-state index >= 15 is 0 Å². The second kappa shape index (κ2) is 3.58. The van der Waals surface area contributed by atoms with Crippen molar-refractivity contribution in [3.8, 4) is 0 Å². The summed E-state index contributed by atoms with van der Waals surface area (Å²) < 4.78 is 1.08. The van der Waals surface area contributed by atoms with Gasteiger partial charge in [0.05, 0.1) is 0 Å². The van der Waals surface area contributed by atoms with Gasteiger partial charge in [-0.3, -0.25) is 0 Å². The standard InChI is InChI=1S/C7H8BrN.H3N/c1-5-4-6(8)2-3-7(5)9;/h2-4H,9H2,1H3;1H3. The third-order valence-electron chi connectivity index (χ3n) is 1.23. The number of nitrogens with two attached hydrogens (primary N) is 1. The van der Waals surface area contributed by atoms with E-state index in [0.29, 0.717) is 0 Å². The van der Waals surface area contributed by atoms with Gasteiger partial charge in [0.15, 0.2) is 0 Å². The number of anilines is 1. The highest BCUT2D eigenvalue weighted by molar-refractivity contribution is 9.10. The van der Waals surface area contributed by atoms with Gasteiger partial charge in [-0.15, -0.1) is 0 Å². The maximum Gasteiger partial charge on any atom is 0.0344 e. The van der Waals surface area contributed by atoms with Crippen LogP contribution in [0, 0.1) is 6.92 Å². The monoisotopic (exact) mass is 202 g/mol. The molecule has 0 bridgehead atoms. The molecule has 1 aromatic rings. The van der Waals surface area contributed by atoms with Crippen LogP contribution in [0.1, 0.15) is 5.56 Å². The second-order valence-corrected chi connectivity index (χ2v) is 2.92. The summed E-state index contributed by atoms with van der Waals surface area (Å²) in [6.45, 7) is 1.99. The zero-order valence-corrected chi connectivity index (χ0v) is 7.48. The summed E-state index contributed by atoms with van der Waals surface area (Å²) in [5.74, 6) is 0. The number of aryl methyl sites for hydroxylation is 1. The van der Waals surface area contributed by atoms with Crippen LogP contribution in [0.5, 0.6) is 0 Å². The highest BCUT2D eigenvalue weighted by atomic mass is 79.9. The molecular formula is C7H11BrN2. The maximum absolute atomic E-state index is 5.57. The Bertz CT molecular complexity index is 223. The Balaban J connectivity index is 0.000000810. The lowest BCUT2D eigenvalue weighted by Gasteiger charge is -1.97. The van der Waals surface area contributed by atoms with Gasteiger partial charge in [-0.25, -0.2) is 0 Å². The van der Waals surface area contributed by atoms with E-state index in [4.69, 9.17) is 5.73 Å². The van der Waals surface area contributed by atoms with Crippen LogP contribution in [0.2, 0.25) is 0 Å². The number of hydrogen-bond acceptors (Lipinski definition) is 2. The van der Waals surface area contributed by atoms with Gasteiger partial charge in [0.25, 0.3) is 0 Å². The van der Waals surface area contributed by atoms with E-state index in [1.165, 1.54) is 0 Å². The van der Waals surface area contributed by atoms with E-state index in [-0.39, 0.29) is 6.15 Å². The normalized spacial score (nSPS) is 8.60. The molecule has 10 heavy (non-hydrogen) atoms. The zero-order chi connectivity index (χ0) is 6.85. The summed E-state index contributed by atoms with van der Waals surface area (Å²) in [6.07, 6.45) is 0. The molecule has 0 aliphatic rings. The lowest BCUT2D eigenvalue weighted by atomic mass is 10.2. The summed E-state index contributed by atoms with van der Waals surface area (Å²) in [4.78, 5) is 0. The molecule has 0 unspecified atom stereocenters. The van der Waals surface area contributed by atoms with Crippen LogP contribution in [0.15, 0.2) is 22.7 Å². The van der Waals surface area contributed by atoms with Crippen molar-refractivity contribution in [3.63, 3.8) is 0 Å². The van der Waals surface area contributed by atoms with Gasteiger partial charge >= 0.3 is 0 Å². The van der Waals surface area contributed by atoms with Crippen molar-refractivity contribution in [3.05, 3.63) is 28.2 Å². The number of benzene rings is 1. The Labute approximate surface area is 69.1 Å². The second-order valence-electron chi connectivity index (χ2n) is 2.00. The van der Waals surface area contributed by atoms with Gasteiger partial charge in [-0.05, 0) is 30.7 Å². The molecule has 0 saturated heterocycles. The molecule has 0 spiro atoms. The summed E-state index contributed by atoms with van der Waals surface area (Å²) in [7, 11) is 0. The van der Waals surface area contributed by atoms with Crippen LogP contribution in [0.25, 0.3) is 0 Å². The first kappa shape index (κ1) is 9.46. The van der Waals surface area contributed by atoms with Crippen molar-refractivity contribution in [1.82, 2.24) is 6.15 Å². The molecule has 56 valence electrons. The molecule has 0 aliphatic carbocycles. The predicted molar refractivity (Wildman–Crippen MR) is 48.3 cm³/mol. The van der Waals surface area contributed by atoms with Crippen molar-refractivity contribution in [1.29, 1.82) is 0 Å². The molecule has 0 aromatic heterocycles. The quantitative estimate of drug-likeness (QED) is 0.636. The largest absolute Gasteiger partial charge is 0.399 e. The van der Waals surface area contributed by atoms with E-state index < -0.39 is 0 Å². The topological polar surface area (TPSA) is 61.0 Å². The number of hydrogen-bond donors (Lipinski definition) is 2. The van der Waals surface area contributed by atoms with Gasteiger partial charge in [0.1, 0.15) is 0 Å². The Kier molecular flexibility index (Phi) is 3.39. The van der Waals surface area contributed by atoms with Crippen molar-refractivity contribution < 1.29 is 0 Å².